The van der Waals surface area contributed by atoms with E-state index in [4.69, 9.17) is 11.6 Å². The second-order valence-electron chi connectivity index (χ2n) is 4.19. The van der Waals surface area contributed by atoms with Crippen LogP contribution < -0.4 is 5.32 Å². The minimum absolute atomic E-state index is 0.516. The van der Waals surface area contributed by atoms with Gasteiger partial charge in [-0.05, 0) is 17.9 Å². The van der Waals surface area contributed by atoms with Gasteiger partial charge < -0.3 is 5.32 Å². The molecule has 0 spiro atoms. The lowest BCUT2D eigenvalue weighted by atomic mass is 10.0. The topological polar surface area (TPSA) is 12.0 Å². The summed E-state index contributed by atoms with van der Waals surface area (Å²) in [6, 6.07) is 11.0. The van der Waals surface area contributed by atoms with Gasteiger partial charge in [0.15, 0.2) is 0 Å². The van der Waals surface area contributed by atoms with Crippen molar-refractivity contribution in [3.05, 3.63) is 35.9 Å². The van der Waals surface area contributed by atoms with Crippen LogP contribution in [0.25, 0.3) is 0 Å². The SMILES string of the molecule is CC(C)C(CCCl)NCc1ccccc1. The molecular formula is C13H20ClN. The maximum atomic E-state index is 5.78. The molecule has 1 unspecified atom stereocenters. The summed E-state index contributed by atoms with van der Waals surface area (Å²) >= 11 is 5.78. The molecule has 0 radical (unpaired) electrons. The molecule has 0 saturated heterocycles. The highest BCUT2D eigenvalue weighted by Crippen LogP contribution is 2.08. The molecule has 1 rings (SSSR count). The van der Waals surface area contributed by atoms with E-state index in [9.17, 15) is 0 Å². The average Bonchev–Trinajstić information content (AvgIpc) is 2.25. The van der Waals surface area contributed by atoms with Gasteiger partial charge in [0.05, 0.1) is 0 Å². The van der Waals surface area contributed by atoms with E-state index < -0.39 is 0 Å². The molecule has 0 aliphatic heterocycles. The Labute approximate surface area is 97.8 Å². The van der Waals surface area contributed by atoms with Crippen molar-refractivity contribution in [1.29, 1.82) is 0 Å². The highest BCUT2D eigenvalue weighted by atomic mass is 35.5. The van der Waals surface area contributed by atoms with E-state index in [1.54, 1.807) is 0 Å². The van der Waals surface area contributed by atoms with Crippen LogP contribution >= 0.6 is 11.6 Å². The number of alkyl halides is 1. The quantitative estimate of drug-likeness (QED) is 0.732. The molecule has 1 aromatic carbocycles. The zero-order valence-corrected chi connectivity index (χ0v) is 10.3. The number of nitrogens with one attached hydrogen (secondary N) is 1. The van der Waals surface area contributed by atoms with E-state index in [1.807, 2.05) is 6.07 Å². The molecule has 1 atom stereocenters. The molecule has 1 aromatic rings. The summed E-state index contributed by atoms with van der Waals surface area (Å²) in [5, 5.41) is 3.55. The van der Waals surface area contributed by atoms with Gasteiger partial charge in [0.25, 0.3) is 0 Å². The Bertz CT molecular complexity index is 258. The smallest absolute Gasteiger partial charge is 0.0238 e. The van der Waals surface area contributed by atoms with Crippen molar-refractivity contribution < 1.29 is 0 Å². The van der Waals surface area contributed by atoms with Crippen LogP contribution in [0, 0.1) is 5.92 Å². The standard InChI is InChI=1S/C13H20ClN/c1-11(2)13(8-9-14)15-10-12-6-4-3-5-7-12/h3-7,11,13,15H,8-10H2,1-2H3. The van der Waals surface area contributed by atoms with Crippen LogP contribution in [0.3, 0.4) is 0 Å². The third-order valence-corrected chi connectivity index (χ3v) is 2.85. The summed E-state index contributed by atoms with van der Waals surface area (Å²) in [5.41, 5.74) is 1.33. The first-order chi connectivity index (χ1) is 7.24. The van der Waals surface area contributed by atoms with Crippen LogP contribution in [-0.4, -0.2) is 11.9 Å². The predicted octanol–water partition coefficient (Wildman–Crippen LogP) is 3.43. The molecule has 84 valence electrons. The molecule has 0 aliphatic rings. The van der Waals surface area contributed by atoms with E-state index >= 15 is 0 Å². The maximum Gasteiger partial charge on any atom is 0.0238 e. The van der Waals surface area contributed by atoms with Crippen molar-refractivity contribution in [3.8, 4) is 0 Å². The number of rotatable bonds is 6. The zero-order valence-electron chi connectivity index (χ0n) is 9.54. The number of hydrogen-bond donors (Lipinski definition) is 1. The third-order valence-electron chi connectivity index (χ3n) is 2.64. The van der Waals surface area contributed by atoms with Gasteiger partial charge >= 0.3 is 0 Å². The summed E-state index contributed by atoms with van der Waals surface area (Å²) in [5.74, 6) is 1.36. The van der Waals surface area contributed by atoms with Crippen molar-refractivity contribution >= 4 is 11.6 Å². The second-order valence-corrected chi connectivity index (χ2v) is 4.57. The first kappa shape index (κ1) is 12.5. The summed E-state index contributed by atoms with van der Waals surface area (Å²) < 4.78 is 0. The van der Waals surface area contributed by atoms with E-state index in [2.05, 4.69) is 43.4 Å². The van der Waals surface area contributed by atoms with Crippen molar-refractivity contribution in [1.82, 2.24) is 5.32 Å². The van der Waals surface area contributed by atoms with Crippen LogP contribution in [0.15, 0.2) is 30.3 Å². The lowest BCUT2D eigenvalue weighted by molar-refractivity contribution is 0.389. The predicted molar refractivity (Wildman–Crippen MR) is 67.2 cm³/mol. The molecule has 0 aliphatic carbocycles. The lowest BCUT2D eigenvalue weighted by Gasteiger charge is -2.21. The van der Waals surface area contributed by atoms with Crippen molar-refractivity contribution in [2.75, 3.05) is 5.88 Å². The molecule has 0 bridgehead atoms. The zero-order chi connectivity index (χ0) is 11.1. The van der Waals surface area contributed by atoms with Crippen LogP contribution in [0.1, 0.15) is 25.8 Å². The molecule has 15 heavy (non-hydrogen) atoms. The molecule has 0 saturated carbocycles. The largest absolute Gasteiger partial charge is 0.310 e. The second kappa shape index (κ2) is 6.86. The van der Waals surface area contributed by atoms with E-state index in [1.165, 1.54) is 5.56 Å². The fourth-order valence-electron chi connectivity index (χ4n) is 1.63. The Kier molecular flexibility index (Phi) is 5.74. The van der Waals surface area contributed by atoms with Crippen molar-refractivity contribution in [2.24, 2.45) is 5.92 Å². The Hall–Kier alpha value is -0.530. The van der Waals surface area contributed by atoms with E-state index in [0.717, 1.165) is 18.8 Å². The van der Waals surface area contributed by atoms with Gasteiger partial charge in [0.2, 0.25) is 0 Å². The van der Waals surface area contributed by atoms with Gasteiger partial charge in [0.1, 0.15) is 0 Å². The lowest BCUT2D eigenvalue weighted by Crippen LogP contribution is -2.33. The van der Waals surface area contributed by atoms with Gasteiger partial charge in [-0.25, -0.2) is 0 Å². The average molecular weight is 226 g/mol. The first-order valence-electron chi connectivity index (χ1n) is 5.57. The van der Waals surface area contributed by atoms with Crippen LogP contribution in [0.5, 0.6) is 0 Å². The molecule has 0 heterocycles. The Balaban J connectivity index is 2.40. The Morgan fingerprint density at radius 2 is 1.87 bits per heavy atom. The highest BCUT2D eigenvalue weighted by Gasteiger charge is 2.11. The fraction of sp³-hybridized carbons (Fsp3) is 0.538. The molecular weight excluding hydrogens is 206 g/mol. The number of benzene rings is 1. The molecule has 1 nitrogen and oxygen atoms in total. The minimum Gasteiger partial charge on any atom is -0.310 e. The van der Waals surface area contributed by atoms with Gasteiger partial charge in [-0.2, -0.15) is 0 Å². The normalized spacial score (nSPS) is 13.1. The molecule has 2 heteroatoms. The van der Waals surface area contributed by atoms with E-state index in [-0.39, 0.29) is 0 Å². The van der Waals surface area contributed by atoms with Crippen LogP contribution in [-0.2, 0) is 6.54 Å². The molecule has 1 N–H and O–H groups in total. The van der Waals surface area contributed by atoms with Crippen LogP contribution in [0.4, 0.5) is 0 Å². The summed E-state index contributed by atoms with van der Waals surface area (Å²) in [6.07, 6.45) is 1.03. The summed E-state index contributed by atoms with van der Waals surface area (Å²) in [4.78, 5) is 0. The molecule has 0 aromatic heterocycles. The first-order valence-corrected chi connectivity index (χ1v) is 6.10. The molecule has 0 fully saturated rings. The highest BCUT2D eigenvalue weighted by molar-refractivity contribution is 6.17. The number of halogens is 1. The minimum atomic E-state index is 0.516. The fourth-order valence-corrected chi connectivity index (χ4v) is 1.87. The van der Waals surface area contributed by atoms with Gasteiger partial charge in [0, 0.05) is 18.5 Å². The van der Waals surface area contributed by atoms with E-state index in [0.29, 0.717) is 12.0 Å². The monoisotopic (exact) mass is 225 g/mol. The van der Waals surface area contributed by atoms with Crippen molar-refractivity contribution in [2.45, 2.75) is 32.9 Å². The van der Waals surface area contributed by atoms with Gasteiger partial charge in [-0.1, -0.05) is 44.2 Å². The number of hydrogen-bond acceptors (Lipinski definition) is 1. The molecule has 0 amide bonds. The maximum absolute atomic E-state index is 5.78. The van der Waals surface area contributed by atoms with Crippen LogP contribution in [0.2, 0.25) is 0 Å². The van der Waals surface area contributed by atoms with Crippen molar-refractivity contribution in [3.63, 3.8) is 0 Å². The third kappa shape index (κ3) is 4.67. The van der Waals surface area contributed by atoms with Gasteiger partial charge in [-0.3, -0.25) is 0 Å². The van der Waals surface area contributed by atoms with Gasteiger partial charge in [-0.15, -0.1) is 11.6 Å². The Morgan fingerprint density at radius 1 is 1.20 bits per heavy atom. The summed E-state index contributed by atoms with van der Waals surface area (Å²) in [7, 11) is 0. The Morgan fingerprint density at radius 3 is 2.40 bits per heavy atom. The summed E-state index contributed by atoms with van der Waals surface area (Å²) in [6.45, 7) is 5.39.